The molecule has 3 rings (SSSR count). The Bertz CT molecular complexity index is 843. The number of alkyl halides is 3. The number of carbonyl (C=O) groups excluding carboxylic acids is 2. The van der Waals surface area contributed by atoms with Gasteiger partial charge in [-0.25, -0.2) is 0 Å². The summed E-state index contributed by atoms with van der Waals surface area (Å²) in [6.07, 6.45) is -1.97. The molecule has 0 spiro atoms. The molecule has 2 amide bonds. The minimum Gasteiger partial charge on any atom is -0.355 e. The lowest BCUT2D eigenvalue weighted by Crippen LogP contribution is -2.21. The van der Waals surface area contributed by atoms with E-state index in [-0.39, 0.29) is 11.5 Å². The van der Waals surface area contributed by atoms with Crippen molar-refractivity contribution in [2.75, 3.05) is 12.4 Å². The normalized spacial score (nSPS) is 13.4. The minimum atomic E-state index is -4.52. The molecule has 0 bridgehead atoms. The average molecular weight is 368 g/mol. The Labute approximate surface area is 146 Å². The van der Waals surface area contributed by atoms with Gasteiger partial charge < -0.3 is 10.6 Å². The van der Waals surface area contributed by atoms with E-state index in [1.165, 1.54) is 30.5 Å². The van der Waals surface area contributed by atoms with E-state index >= 15 is 0 Å². The molecule has 2 N–H and O–H groups in total. The molecule has 0 fully saturated rings. The first-order valence-electron chi connectivity index (χ1n) is 7.66. The van der Waals surface area contributed by atoms with Crippen molar-refractivity contribution in [3.05, 3.63) is 51.4 Å². The van der Waals surface area contributed by atoms with Gasteiger partial charge in [-0.1, -0.05) is 6.07 Å². The molecule has 8 heteroatoms. The van der Waals surface area contributed by atoms with Crippen LogP contribution in [0.4, 0.5) is 18.2 Å². The van der Waals surface area contributed by atoms with Gasteiger partial charge in [0.15, 0.2) is 0 Å². The molecule has 0 atom stereocenters. The molecule has 1 aliphatic carbocycles. The number of aryl methyl sites for hydroxylation is 1. The van der Waals surface area contributed by atoms with E-state index < -0.39 is 17.6 Å². The van der Waals surface area contributed by atoms with E-state index in [0.29, 0.717) is 10.6 Å². The highest BCUT2D eigenvalue weighted by Crippen LogP contribution is 2.39. The lowest BCUT2D eigenvalue weighted by atomic mass is 10.1. The van der Waals surface area contributed by atoms with E-state index in [1.807, 2.05) is 0 Å². The molecule has 0 radical (unpaired) electrons. The van der Waals surface area contributed by atoms with Gasteiger partial charge in [-0.05, 0) is 43.0 Å². The van der Waals surface area contributed by atoms with E-state index in [0.717, 1.165) is 41.8 Å². The second-order valence-corrected chi connectivity index (χ2v) is 6.78. The summed E-state index contributed by atoms with van der Waals surface area (Å²) in [5, 5.41) is 5.53. The van der Waals surface area contributed by atoms with Gasteiger partial charge in [0.1, 0.15) is 5.00 Å². The van der Waals surface area contributed by atoms with Crippen LogP contribution in [0.2, 0.25) is 0 Å². The van der Waals surface area contributed by atoms with Crippen LogP contribution in [0.15, 0.2) is 24.3 Å². The predicted molar refractivity (Wildman–Crippen MR) is 89.1 cm³/mol. The van der Waals surface area contributed by atoms with Crippen LogP contribution in [0.1, 0.15) is 43.1 Å². The third-order valence-electron chi connectivity index (χ3n) is 4.05. The Kier molecular flexibility index (Phi) is 4.55. The van der Waals surface area contributed by atoms with E-state index in [9.17, 15) is 22.8 Å². The predicted octanol–water partition coefficient (Wildman–Crippen LogP) is 3.87. The van der Waals surface area contributed by atoms with Crippen molar-refractivity contribution in [2.24, 2.45) is 0 Å². The highest BCUT2D eigenvalue weighted by Gasteiger charge is 2.31. The summed E-state index contributed by atoms with van der Waals surface area (Å²) in [4.78, 5) is 25.6. The molecule has 1 aromatic carbocycles. The molecule has 0 saturated carbocycles. The number of fused-ring (bicyclic) bond motifs is 1. The van der Waals surface area contributed by atoms with E-state index in [4.69, 9.17) is 0 Å². The van der Waals surface area contributed by atoms with Gasteiger partial charge in [-0.3, -0.25) is 9.59 Å². The summed E-state index contributed by atoms with van der Waals surface area (Å²) < 4.78 is 38.4. The highest BCUT2D eigenvalue weighted by molar-refractivity contribution is 7.17. The topological polar surface area (TPSA) is 58.2 Å². The average Bonchev–Trinajstić information content (AvgIpc) is 3.14. The number of anilines is 1. The smallest absolute Gasteiger partial charge is 0.355 e. The van der Waals surface area contributed by atoms with Crippen LogP contribution in [0, 0.1) is 0 Å². The largest absolute Gasteiger partial charge is 0.416 e. The summed E-state index contributed by atoms with van der Waals surface area (Å²) in [6.45, 7) is 0. The van der Waals surface area contributed by atoms with Crippen molar-refractivity contribution in [1.29, 1.82) is 0 Å². The zero-order valence-electron chi connectivity index (χ0n) is 13.3. The standard InChI is InChI=1S/C17H15F3N2O2S/c1-21-15(24)13-11-6-3-7-12(11)25-16(13)22-14(23)9-4-2-5-10(8-9)17(18,19)20/h2,4-5,8H,3,6-7H2,1H3,(H,21,24)(H,22,23). The van der Waals surface area contributed by atoms with Crippen LogP contribution in [-0.2, 0) is 19.0 Å². The summed E-state index contributed by atoms with van der Waals surface area (Å²) in [6, 6.07) is 4.21. The van der Waals surface area contributed by atoms with Crippen molar-refractivity contribution in [1.82, 2.24) is 5.32 Å². The maximum atomic E-state index is 12.8. The fraction of sp³-hybridized carbons (Fsp3) is 0.294. The van der Waals surface area contributed by atoms with Crippen LogP contribution in [-0.4, -0.2) is 18.9 Å². The Morgan fingerprint density at radius 3 is 2.60 bits per heavy atom. The SMILES string of the molecule is CNC(=O)c1c(NC(=O)c2cccc(C(F)(F)F)c2)sc2c1CCC2. The fourth-order valence-corrected chi connectivity index (χ4v) is 4.15. The number of hydrogen-bond acceptors (Lipinski definition) is 3. The van der Waals surface area contributed by atoms with Gasteiger partial charge in [0.25, 0.3) is 11.8 Å². The molecule has 1 aromatic heterocycles. The zero-order chi connectivity index (χ0) is 18.2. The number of hydrogen-bond donors (Lipinski definition) is 2. The van der Waals surface area contributed by atoms with Crippen LogP contribution < -0.4 is 10.6 Å². The Morgan fingerprint density at radius 2 is 1.92 bits per heavy atom. The third-order valence-corrected chi connectivity index (χ3v) is 5.26. The van der Waals surface area contributed by atoms with Crippen LogP contribution >= 0.6 is 11.3 Å². The lowest BCUT2D eigenvalue weighted by Gasteiger charge is -2.10. The van der Waals surface area contributed by atoms with Gasteiger partial charge in [0.05, 0.1) is 11.1 Å². The highest BCUT2D eigenvalue weighted by atomic mass is 32.1. The van der Waals surface area contributed by atoms with Gasteiger partial charge in [0.2, 0.25) is 0 Å². The monoisotopic (exact) mass is 368 g/mol. The fourth-order valence-electron chi connectivity index (χ4n) is 2.87. The van der Waals surface area contributed by atoms with Crippen molar-refractivity contribution >= 4 is 28.2 Å². The van der Waals surface area contributed by atoms with Crippen molar-refractivity contribution in [3.63, 3.8) is 0 Å². The first-order valence-corrected chi connectivity index (χ1v) is 8.48. The third kappa shape index (κ3) is 3.39. The number of rotatable bonds is 3. The second-order valence-electron chi connectivity index (χ2n) is 5.67. The molecule has 132 valence electrons. The Balaban J connectivity index is 1.91. The van der Waals surface area contributed by atoms with Crippen molar-refractivity contribution in [2.45, 2.75) is 25.4 Å². The molecule has 25 heavy (non-hydrogen) atoms. The van der Waals surface area contributed by atoms with Crippen LogP contribution in [0.5, 0.6) is 0 Å². The van der Waals surface area contributed by atoms with Gasteiger partial charge in [-0.2, -0.15) is 13.2 Å². The Hall–Kier alpha value is -2.35. The Morgan fingerprint density at radius 1 is 1.16 bits per heavy atom. The maximum Gasteiger partial charge on any atom is 0.416 e. The molecule has 0 saturated heterocycles. The number of benzene rings is 1. The van der Waals surface area contributed by atoms with E-state index in [1.54, 1.807) is 0 Å². The van der Waals surface area contributed by atoms with Crippen LogP contribution in [0.25, 0.3) is 0 Å². The molecular weight excluding hydrogens is 353 g/mol. The first kappa shape index (κ1) is 17.5. The molecule has 2 aromatic rings. The second kappa shape index (κ2) is 6.51. The molecular formula is C17H15F3N2O2S. The number of thiophene rings is 1. The number of halogens is 3. The van der Waals surface area contributed by atoms with Gasteiger partial charge in [-0.15, -0.1) is 11.3 Å². The first-order chi connectivity index (χ1) is 11.8. The summed E-state index contributed by atoms with van der Waals surface area (Å²) >= 11 is 1.31. The molecule has 1 aliphatic rings. The number of carbonyl (C=O) groups is 2. The number of amides is 2. The lowest BCUT2D eigenvalue weighted by molar-refractivity contribution is -0.137. The maximum absolute atomic E-state index is 12.8. The van der Waals surface area contributed by atoms with Crippen LogP contribution in [0.3, 0.4) is 0 Å². The zero-order valence-corrected chi connectivity index (χ0v) is 14.1. The van der Waals surface area contributed by atoms with E-state index in [2.05, 4.69) is 10.6 Å². The van der Waals surface area contributed by atoms with Crippen molar-refractivity contribution < 1.29 is 22.8 Å². The molecule has 0 unspecified atom stereocenters. The summed E-state index contributed by atoms with van der Waals surface area (Å²) in [7, 11) is 1.50. The molecule has 0 aliphatic heterocycles. The van der Waals surface area contributed by atoms with Gasteiger partial charge in [0, 0.05) is 17.5 Å². The summed E-state index contributed by atoms with van der Waals surface area (Å²) in [5.41, 5.74) is 0.343. The number of nitrogens with one attached hydrogen (secondary N) is 2. The molecule has 1 heterocycles. The summed E-state index contributed by atoms with van der Waals surface area (Å²) in [5.74, 6) is -0.977. The molecule has 4 nitrogen and oxygen atoms in total. The minimum absolute atomic E-state index is 0.105. The van der Waals surface area contributed by atoms with Crippen molar-refractivity contribution in [3.8, 4) is 0 Å². The van der Waals surface area contributed by atoms with Gasteiger partial charge >= 0.3 is 6.18 Å². The quantitative estimate of drug-likeness (QED) is 0.864.